The molecule has 2 aliphatic heterocycles. The van der Waals surface area contributed by atoms with Gasteiger partial charge in [-0.25, -0.2) is 13.2 Å². The molecule has 0 bridgehead atoms. The van der Waals surface area contributed by atoms with Crippen molar-refractivity contribution in [1.82, 2.24) is 8.87 Å². The van der Waals surface area contributed by atoms with Crippen LogP contribution in [0.3, 0.4) is 0 Å². The van der Waals surface area contributed by atoms with Gasteiger partial charge in [-0.1, -0.05) is 18.2 Å². The Bertz CT molecular complexity index is 1370. The minimum absolute atomic E-state index is 0.0759. The minimum atomic E-state index is -3.75. The Hall–Kier alpha value is -2.91. The number of hydrogen-bond acceptors (Lipinski definition) is 5. The molecule has 1 aromatic heterocycles. The van der Waals surface area contributed by atoms with Gasteiger partial charge in [-0.15, -0.1) is 0 Å². The fourth-order valence-corrected chi connectivity index (χ4v) is 6.35. The fraction of sp³-hybridized carbons (Fsp3) is 0.391. The number of carbonyl (C=O) groups is 1. The van der Waals surface area contributed by atoms with Crippen molar-refractivity contribution in [3.05, 3.63) is 58.6 Å². The highest BCUT2D eigenvalue weighted by Crippen LogP contribution is 2.35. The highest BCUT2D eigenvalue weighted by Gasteiger charge is 2.38. The van der Waals surface area contributed by atoms with E-state index in [1.807, 2.05) is 23.1 Å². The largest absolute Gasteiger partial charge is 0.419 e. The van der Waals surface area contributed by atoms with E-state index in [0.29, 0.717) is 18.4 Å². The van der Waals surface area contributed by atoms with Crippen molar-refractivity contribution in [2.24, 2.45) is 13.0 Å². The topological polar surface area (TPSA) is 92.8 Å². The van der Waals surface area contributed by atoms with Crippen LogP contribution in [0.5, 0.6) is 0 Å². The third kappa shape index (κ3) is 3.27. The standard InChI is InChI=1S/C23H25N3O5S/c1-15-13-17-5-3-4-6-19(17)26(15)22(27)16-9-11-25(12-10-16)32(29,30)18-7-8-20-21(14-18)31-23(28)24(20)2/h3-8,14-16H,9-13H2,1-2H3. The Balaban J connectivity index is 1.32. The number of oxazole rings is 1. The summed E-state index contributed by atoms with van der Waals surface area (Å²) in [6, 6.07) is 12.5. The minimum Gasteiger partial charge on any atom is -0.408 e. The van der Waals surface area contributed by atoms with Crippen LogP contribution in [0.4, 0.5) is 5.69 Å². The maximum absolute atomic E-state index is 13.3. The number of aryl methyl sites for hydroxylation is 1. The summed E-state index contributed by atoms with van der Waals surface area (Å²) in [5, 5.41) is 0. The highest BCUT2D eigenvalue weighted by atomic mass is 32.2. The zero-order valence-electron chi connectivity index (χ0n) is 18.0. The number of amides is 1. The predicted molar refractivity (Wildman–Crippen MR) is 120 cm³/mol. The smallest absolute Gasteiger partial charge is 0.408 e. The van der Waals surface area contributed by atoms with Gasteiger partial charge in [0.1, 0.15) is 0 Å². The number of carbonyl (C=O) groups excluding carboxylic acids is 1. The maximum atomic E-state index is 13.3. The number of rotatable bonds is 3. The van der Waals surface area contributed by atoms with Crippen molar-refractivity contribution < 1.29 is 17.6 Å². The van der Waals surface area contributed by atoms with Crippen LogP contribution < -0.4 is 10.7 Å². The van der Waals surface area contributed by atoms with E-state index in [2.05, 4.69) is 13.0 Å². The average molecular weight is 456 g/mol. The molecule has 1 saturated heterocycles. The summed E-state index contributed by atoms with van der Waals surface area (Å²) in [6.45, 7) is 2.61. The van der Waals surface area contributed by atoms with E-state index in [9.17, 15) is 18.0 Å². The lowest BCUT2D eigenvalue weighted by atomic mass is 9.96. The van der Waals surface area contributed by atoms with Crippen LogP contribution in [0, 0.1) is 5.92 Å². The monoisotopic (exact) mass is 455 g/mol. The molecule has 32 heavy (non-hydrogen) atoms. The van der Waals surface area contributed by atoms with E-state index in [1.54, 1.807) is 13.1 Å². The number of benzene rings is 2. The van der Waals surface area contributed by atoms with E-state index in [4.69, 9.17) is 4.42 Å². The molecule has 8 nitrogen and oxygen atoms in total. The van der Waals surface area contributed by atoms with Crippen molar-refractivity contribution in [2.75, 3.05) is 18.0 Å². The number of para-hydroxylation sites is 1. The Kier molecular flexibility index (Phi) is 4.98. The molecule has 0 N–H and O–H groups in total. The lowest BCUT2D eigenvalue weighted by molar-refractivity contribution is -0.123. The van der Waals surface area contributed by atoms with Gasteiger partial charge in [0.05, 0.1) is 10.4 Å². The van der Waals surface area contributed by atoms with Crippen LogP contribution >= 0.6 is 0 Å². The zero-order valence-corrected chi connectivity index (χ0v) is 18.8. The number of piperidine rings is 1. The summed E-state index contributed by atoms with van der Waals surface area (Å²) in [6.07, 6.45) is 1.80. The van der Waals surface area contributed by atoms with Crippen LogP contribution in [-0.4, -0.2) is 42.3 Å². The van der Waals surface area contributed by atoms with Gasteiger partial charge in [0, 0.05) is 43.9 Å². The second-order valence-corrected chi connectivity index (χ2v) is 10.6. The molecule has 5 rings (SSSR count). The van der Waals surface area contributed by atoms with Crippen LogP contribution in [0.15, 0.2) is 56.6 Å². The molecule has 1 amide bonds. The summed E-state index contributed by atoms with van der Waals surface area (Å²) in [4.78, 5) is 27.0. The molecule has 0 aliphatic carbocycles. The lowest BCUT2D eigenvalue weighted by Crippen LogP contribution is -2.46. The van der Waals surface area contributed by atoms with E-state index in [1.165, 1.54) is 26.6 Å². The predicted octanol–water partition coefficient (Wildman–Crippen LogP) is 2.51. The Morgan fingerprint density at radius 2 is 1.81 bits per heavy atom. The molecule has 9 heteroatoms. The molecule has 0 spiro atoms. The fourth-order valence-electron chi connectivity index (χ4n) is 4.86. The second kappa shape index (κ2) is 7.60. The number of hydrogen-bond donors (Lipinski definition) is 0. The summed E-state index contributed by atoms with van der Waals surface area (Å²) < 4.78 is 34.2. The molecule has 1 fully saturated rings. The zero-order chi connectivity index (χ0) is 22.6. The van der Waals surface area contributed by atoms with Gasteiger partial charge in [0.2, 0.25) is 15.9 Å². The van der Waals surface area contributed by atoms with Gasteiger partial charge < -0.3 is 9.32 Å². The molecule has 168 valence electrons. The molecule has 3 heterocycles. The number of fused-ring (bicyclic) bond motifs is 2. The van der Waals surface area contributed by atoms with Crippen molar-refractivity contribution in [3.63, 3.8) is 0 Å². The van der Waals surface area contributed by atoms with Crippen molar-refractivity contribution in [1.29, 1.82) is 0 Å². The SMILES string of the molecule is CC1Cc2ccccc2N1C(=O)C1CCN(S(=O)(=O)c2ccc3c(c2)oc(=O)n3C)CC1. The Morgan fingerprint density at radius 3 is 2.56 bits per heavy atom. The molecule has 2 aromatic carbocycles. The number of anilines is 1. The van der Waals surface area contributed by atoms with Crippen LogP contribution in [0.2, 0.25) is 0 Å². The molecule has 1 atom stereocenters. The van der Waals surface area contributed by atoms with Crippen LogP contribution in [0.25, 0.3) is 11.1 Å². The Morgan fingerprint density at radius 1 is 1.09 bits per heavy atom. The summed E-state index contributed by atoms with van der Waals surface area (Å²) >= 11 is 0. The van der Waals surface area contributed by atoms with Crippen molar-refractivity contribution >= 4 is 32.7 Å². The number of nitrogens with zero attached hydrogens (tertiary/aromatic N) is 3. The van der Waals surface area contributed by atoms with E-state index >= 15 is 0 Å². The Labute approximate surface area is 186 Å². The first-order chi connectivity index (χ1) is 15.3. The van der Waals surface area contributed by atoms with E-state index in [-0.39, 0.29) is 41.4 Å². The number of aromatic nitrogens is 1. The average Bonchev–Trinajstić information content (AvgIpc) is 3.28. The van der Waals surface area contributed by atoms with Gasteiger partial charge in [-0.05, 0) is 49.9 Å². The quantitative estimate of drug-likeness (QED) is 0.605. The number of sulfonamides is 1. The van der Waals surface area contributed by atoms with Gasteiger partial charge in [-0.3, -0.25) is 9.36 Å². The summed E-state index contributed by atoms with van der Waals surface area (Å²) in [5.74, 6) is -0.664. The van der Waals surface area contributed by atoms with Gasteiger partial charge in [0.25, 0.3) is 0 Å². The van der Waals surface area contributed by atoms with Gasteiger partial charge >= 0.3 is 5.76 Å². The molecule has 0 radical (unpaired) electrons. The molecule has 2 aliphatic rings. The first-order valence-electron chi connectivity index (χ1n) is 10.8. The maximum Gasteiger partial charge on any atom is 0.419 e. The first-order valence-corrected chi connectivity index (χ1v) is 12.2. The normalized spacial score (nSPS) is 20.1. The molecule has 3 aromatic rings. The molecule has 0 saturated carbocycles. The first kappa shape index (κ1) is 21.0. The summed E-state index contributed by atoms with van der Waals surface area (Å²) in [7, 11) is -2.17. The van der Waals surface area contributed by atoms with Crippen molar-refractivity contribution in [3.8, 4) is 0 Å². The van der Waals surface area contributed by atoms with Crippen LogP contribution in [0.1, 0.15) is 25.3 Å². The second-order valence-electron chi connectivity index (χ2n) is 8.62. The van der Waals surface area contributed by atoms with E-state index < -0.39 is 15.8 Å². The van der Waals surface area contributed by atoms with Gasteiger partial charge in [0.15, 0.2) is 5.58 Å². The summed E-state index contributed by atoms with van der Waals surface area (Å²) in [5.41, 5.74) is 2.93. The molecular weight excluding hydrogens is 430 g/mol. The molecule has 1 unspecified atom stereocenters. The molecular formula is C23H25N3O5S. The van der Waals surface area contributed by atoms with Crippen LogP contribution in [-0.2, 0) is 28.3 Å². The highest BCUT2D eigenvalue weighted by molar-refractivity contribution is 7.89. The van der Waals surface area contributed by atoms with Gasteiger partial charge in [-0.2, -0.15) is 4.31 Å². The lowest BCUT2D eigenvalue weighted by Gasteiger charge is -2.34. The third-order valence-corrected chi connectivity index (χ3v) is 8.54. The third-order valence-electron chi connectivity index (χ3n) is 6.65. The van der Waals surface area contributed by atoms with E-state index in [0.717, 1.165) is 12.1 Å². The van der Waals surface area contributed by atoms with Crippen molar-refractivity contribution in [2.45, 2.75) is 37.1 Å².